The van der Waals surface area contributed by atoms with Crippen molar-refractivity contribution in [2.24, 2.45) is 0 Å². The molecule has 1 aromatic heterocycles. The van der Waals surface area contributed by atoms with Crippen LogP contribution >= 0.6 is 0 Å². The number of aromatic nitrogens is 1. The van der Waals surface area contributed by atoms with Gasteiger partial charge in [-0.2, -0.15) is 0 Å². The average Bonchev–Trinajstić information content (AvgIpc) is 3.18. The zero-order valence-electron chi connectivity index (χ0n) is 14.0. The highest BCUT2D eigenvalue weighted by atomic mass is 15.0. The molecule has 1 heteroatoms. The van der Waals surface area contributed by atoms with Gasteiger partial charge in [0.1, 0.15) is 0 Å². The van der Waals surface area contributed by atoms with E-state index in [-0.39, 0.29) is 0 Å². The third kappa shape index (κ3) is 1.75. The fraction of sp³-hybridized carbons (Fsp3) is 0.130. The van der Waals surface area contributed by atoms with Crippen LogP contribution in [0, 0.1) is 13.8 Å². The van der Waals surface area contributed by atoms with Crippen molar-refractivity contribution >= 4 is 10.8 Å². The monoisotopic (exact) mass is 309 g/mol. The van der Waals surface area contributed by atoms with Crippen LogP contribution < -0.4 is 0 Å². The van der Waals surface area contributed by atoms with Crippen molar-refractivity contribution in [3.05, 3.63) is 89.2 Å². The number of rotatable bonds is 1. The minimum atomic E-state index is 1.02. The number of benzene rings is 3. The molecular weight excluding hydrogens is 290 g/mol. The molecule has 0 radical (unpaired) electrons. The summed E-state index contributed by atoms with van der Waals surface area (Å²) in [6, 6.07) is 22.2. The van der Waals surface area contributed by atoms with Crippen LogP contribution in [0.3, 0.4) is 0 Å². The largest absolute Gasteiger partial charge is 0.321 e. The standard InChI is InChI=1S/C23H19N/c1-15-9-12-20-21(23(15)24-13-5-6-16(24)2)14-18-11-10-17-7-3-4-8-19(17)22(18)20/h3-13H,14H2,1-2H3. The second kappa shape index (κ2) is 4.85. The first kappa shape index (κ1) is 13.6. The van der Waals surface area contributed by atoms with E-state index in [9.17, 15) is 0 Å². The molecule has 4 aromatic rings. The SMILES string of the molecule is Cc1ccc2c(c1-n1cccc1C)Cc1ccc3ccccc3c1-2. The molecule has 1 heterocycles. The zero-order chi connectivity index (χ0) is 16.3. The lowest BCUT2D eigenvalue weighted by Gasteiger charge is -2.15. The molecule has 5 rings (SSSR count). The predicted octanol–water partition coefficient (Wildman–Crippen LogP) is 5.82. The summed E-state index contributed by atoms with van der Waals surface area (Å²) in [7, 11) is 0. The Kier molecular flexibility index (Phi) is 2.75. The van der Waals surface area contributed by atoms with Gasteiger partial charge in [-0.1, -0.05) is 48.5 Å². The van der Waals surface area contributed by atoms with Crippen LogP contribution in [0.25, 0.3) is 27.6 Å². The predicted molar refractivity (Wildman–Crippen MR) is 101 cm³/mol. The van der Waals surface area contributed by atoms with Gasteiger partial charge >= 0.3 is 0 Å². The first-order valence-corrected chi connectivity index (χ1v) is 8.52. The third-order valence-corrected chi connectivity index (χ3v) is 5.33. The highest BCUT2D eigenvalue weighted by Gasteiger charge is 2.24. The third-order valence-electron chi connectivity index (χ3n) is 5.33. The van der Waals surface area contributed by atoms with Crippen molar-refractivity contribution < 1.29 is 0 Å². The Morgan fingerprint density at radius 3 is 2.54 bits per heavy atom. The van der Waals surface area contributed by atoms with Gasteiger partial charge in [-0.05, 0) is 64.6 Å². The van der Waals surface area contributed by atoms with Crippen molar-refractivity contribution in [1.82, 2.24) is 4.57 Å². The Balaban J connectivity index is 1.86. The van der Waals surface area contributed by atoms with Gasteiger partial charge in [-0.25, -0.2) is 0 Å². The van der Waals surface area contributed by atoms with E-state index >= 15 is 0 Å². The summed E-state index contributed by atoms with van der Waals surface area (Å²) in [5.41, 5.74) is 9.71. The number of fused-ring (bicyclic) bond motifs is 5. The molecule has 0 unspecified atom stereocenters. The second-order valence-electron chi connectivity index (χ2n) is 6.77. The van der Waals surface area contributed by atoms with Gasteiger partial charge in [0, 0.05) is 18.3 Å². The van der Waals surface area contributed by atoms with Gasteiger partial charge in [0.25, 0.3) is 0 Å². The molecule has 0 atom stereocenters. The van der Waals surface area contributed by atoms with Crippen molar-refractivity contribution in [2.45, 2.75) is 20.3 Å². The van der Waals surface area contributed by atoms with Crippen LogP contribution in [0.1, 0.15) is 22.4 Å². The summed E-state index contributed by atoms with van der Waals surface area (Å²) < 4.78 is 2.34. The molecule has 0 aliphatic heterocycles. The van der Waals surface area contributed by atoms with Crippen LogP contribution in [0.15, 0.2) is 66.9 Å². The second-order valence-corrected chi connectivity index (χ2v) is 6.77. The summed E-state index contributed by atoms with van der Waals surface area (Å²) in [5.74, 6) is 0. The maximum Gasteiger partial charge on any atom is 0.0522 e. The molecule has 0 saturated carbocycles. The lowest BCUT2D eigenvalue weighted by molar-refractivity contribution is 0.980. The molecule has 116 valence electrons. The topological polar surface area (TPSA) is 4.93 Å². The molecular formula is C23H19N. The molecule has 0 saturated heterocycles. The fourth-order valence-electron chi connectivity index (χ4n) is 4.19. The van der Waals surface area contributed by atoms with Crippen molar-refractivity contribution in [2.75, 3.05) is 0 Å². The molecule has 0 bridgehead atoms. The number of hydrogen-bond donors (Lipinski definition) is 0. The van der Waals surface area contributed by atoms with Crippen molar-refractivity contribution in [3.8, 4) is 16.8 Å². The van der Waals surface area contributed by atoms with Gasteiger partial charge in [-0.3, -0.25) is 0 Å². The van der Waals surface area contributed by atoms with Gasteiger partial charge in [0.05, 0.1) is 5.69 Å². The summed E-state index contributed by atoms with van der Waals surface area (Å²) in [5, 5.41) is 2.69. The summed E-state index contributed by atoms with van der Waals surface area (Å²) >= 11 is 0. The first-order chi connectivity index (χ1) is 11.7. The Morgan fingerprint density at radius 1 is 0.833 bits per heavy atom. The molecule has 0 spiro atoms. The fourth-order valence-corrected chi connectivity index (χ4v) is 4.19. The zero-order valence-corrected chi connectivity index (χ0v) is 14.0. The highest BCUT2D eigenvalue weighted by Crippen LogP contribution is 2.44. The normalized spacial score (nSPS) is 12.4. The molecule has 3 aromatic carbocycles. The van der Waals surface area contributed by atoms with Crippen molar-refractivity contribution in [1.29, 1.82) is 0 Å². The molecule has 0 amide bonds. The van der Waals surface area contributed by atoms with Gasteiger partial charge in [0.15, 0.2) is 0 Å². The lowest BCUT2D eigenvalue weighted by atomic mass is 9.97. The van der Waals surface area contributed by atoms with E-state index in [1.54, 1.807) is 0 Å². The van der Waals surface area contributed by atoms with Crippen LogP contribution in [-0.4, -0.2) is 4.57 Å². The maximum atomic E-state index is 2.34. The lowest BCUT2D eigenvalue weighted by Crippen LogP contribution is -2.02. The van der Waals surface area contributed by atoms with Crippen LogP contribution in [0.4, 0.5) is 0 Å². The summed E-state index contributed by atoms with van der Waals surface area (Å²) in [6.45, 7) is 4.40. The molecule has 0 N–H and O–H groups in total. The number of aryl methyl sites for hydroxylation is 2. The van der Waals surface area contributed by atoms with Gasteiger partial charge in [0.2, 0.25) is 0 Å². The summed E-state index contributed by atoms with van der Waals surface area (Å²) in [4.78, 5) is 0. The minimum absolute atomic E-state index is 1.02. The van der Waals surface area contributed by atoms with Crippen LogP contribution in [0.2, 0.25) is 0 Å². The van der Waals surface area contributed by atoms with Gasteiger partial charge in [-0.15, -0.1) is 0 Å². The molecule has 0 fully saturated rings. The van der Waals surface area contributed by atoms with Crippen molar-refractivity contribution in [3.63, 3.8) is 0 Å². The number of nitrogens with zero attached hydrogens (tertiary/aromatic N) is 1. The Morgan fingerprint density at radius 2 is 1.71 bits per heavy atom. The maximum absolute atomic E-state index is 2.34. The Labute approximate surface area is 142 Å². The van der Waals surface area contributed by atoms with E-state index < -0.39 is 0 Å². The molecule has 24 heavy (non-hydrogen) atoms. The van der Waals surface area contributed by atoms with Gasteiger partial charge < -0.3 is 4.57 Å². The van der Waals surface area contributed by atoms with Crippen LogP contribution in [0.5, 0.6) is 0 Å². The minimum Gasteiger partial charge on any atom is -0.321 e. The Hall–Kier alpha value is -2.80. The van der Waals surface area contributed by atoms with E-state index in [0.717, 1.165) is 6.42 Å². The summed E-state index contributed by atoms with van der Waals surface area (Å²) in [6.07, 6.45) is 3.20. The smallest absolute Gasteiger partial charge is 0.0522 e. The van der Waals surface area contributed by atoms with E-state index in [4.69, 9.17) is 0 Å². The Bertz CT molecular complexity index is 1100. The average molecular weight is 309 g/mol. The molecule has 1 aliphatic carbocycles. The highest BCUT2D eigenvalue weighted by molar-refractivity contribution is 6.01. The van der Waals surface area contributed by atoms with Crippen LogP contribution in [-0.2, 0) is 6.42 Å². The van der Waals surface area contributed by atoms with E-state index in [1.807, 2.05) is 0 Å². The van der Waals surface area contributed by atoms with E-state index in [2.05, 4.69) is 85.3 Å². The van der Waals surface area contributed by atoms with E-state index in [1.165, 1.54) is 50.0 Å². The van der Waals surface area contributed by atoms with E-state index in [0.29, 0.717) is 0 Å². The molecule has 1 nitrogen and oxygen atoms in total. The molecule has 1 aliphatic rings. The number of hydrogen-bond acceptors (Lipinski definition) is 0. The first-order valence-electron chi connectivity index (χ1n) is 8.52. The quantitative estimate of drug-likeness (QED) is 0.368.